The monoisotopic (exact) mass is 291 g/mol. The van der Waals surface area contributed by atoms with Crippen LogP contribution in [0.1, 0.15) is 12.5 Å². The lowest BCUT2D eigenvalue weighted by Crippen LogP contribution is -2.05. The molecule has 2 rings (SSSR count). The summed E-state index contributed by atoms with van der Waals surface area (Å²) in [5, 5.41) is 11.1. The Kier molecular flexibility index (Phi) is 4.12. The number of anilines is 1. The highest BCUT2D eigenvalue weighted by molar-refractivity contribution is 5.53. The van der Waals surface area contributed by atoms with Crippen molar-refractivity contribution in [1.29, 1.82) is 0 Å². The van der Waals surface area contributed by atoms with Crippen LogP contribution in [0.2, 0.25) is 0 Å². The van der Waals surface area contributed by atoms with Gasteiger partial charge in [-0.1, -0.05) is 12.1 Å². The molecule has 0 atom stereocenters. The van der Waals surface area contributed by atoms with E-state index in [0.29, 0.717) is 12.2 Å². The molecule has 0 unspecified atom stereocenters. The van der Waals surface area contributed by atoms with Gasteiger partial charge in [-0.25, -0.2) is 0 Å². The van der Waals surface area contributed by atoms with Gasteiger partial charge in [0.15, 0.2) is 0 Å². The lowest BCUT2D eigenvalue weighted by Gasteiger charge is -2.07. The maximum atomic E-state index is 11.1. The molecule has 9 nitrogen and oxygen atoms in total. The van der Waals surface area contributed by atoms with Gasteiger partial charge in [0.05, 0.1) is 11.5 Å². The van der Waals surface area contributed by atoms with E-state index in [-0.39, 0.29) is 29.4 Å². The minimum absolute atomic E-state index is 0.00435. The van der Waals surface area contributed by atoms with Crippen molar-refractivity contribution in [1.82, 2.24) is 15.0 Å². The Morgan fingerprint density at radius 3 is 2.67 bits per heavy atom. The number of nitrogens with two attached hydrogens (primary N) is 1. The number of nitrogens with zero attached hydrogens (tertiary/aromatic N) is 4. The van der Waals surface area contributed by atoms with Crippen molar-refractivity contribution < 1.29 is 14.4 Å². The maximum absolute atomic E-state index is 11.1. The number of hydrogen-bond acceptors (Lipinski definition) is 8. The molecule has 21 heavy (non-hydrogen) atoms. The van der Waals surface area contributed by atoms with Gasteiger partial charge in [0, 0.05) is 5.56 Å². The second kappa shape index (κ2) is 5.99. The fraction of sp³-hybridized carbons (Fsp3) is 0.250. The normalized spacial score (nSPS) is 10.2. The van der Waals surface area contributed by atoms with E-state index < -0.39 is 4.92 Å². The van der Waals surface area contributed by atoms with E-state index in [9.17, 15) is 10.1 Å². The van der Waals surface area contributed by atoms with Crippen LogP contribution in [0.3, 0.4) is 0 Å². The Labute approximate surface area is 119 Å². The Hall–Kier alpha value is -2.97. The lowest BCUT2D eigenvalue weighted by molar-refractivity contribution is -0.386. The molecule has 0 aliphatic rings. The predicted molar refractivity (Wildman–Crippen MR) is 73.3 cm³/mol. The molecule has 0 saturated heterocycles. The third-order valence-electron chi connectivity index (χ3n) is 2.47. The average Bonchev–Trinajstić information content (AvgIpc) is 2.37. The fourth-order valence-electron chi connectivity index (χ4n) is 1.64. The summed E-state index contributed by atoms with van der Waals surface area (Å²) < 4.78 is 10.5. The van der Waals surface area contributed by atoms with E-state index in [0.717, 1.165) is 0 Å². The van der Waals surface area contributed by atoms with Crippen LogP contribution in [0.25, 0.3) is 0 Å². The summed E-state index contributed by atoms with van der Waals surface area (Å²) in [5.74, 6) is -0.0770. The Morgan fingerprint density at radius 1 is 1.29 bits per heavy atom. The van der Waals surface area contributed by atoms with Crippen LogP contribution in [0.5, 0.6) is 17.8 Å². The first-order valence-electron chi connectivity index (χ1n) is 6.07. The van der Waals surface area contributed by atoms with Crippen molar-refractivity contribution in [3.05, 3.63) is 33.9 Å². The second-order valence-corrected chi connectivity index (χ2v) is 3.97. The zero-order valence-corrected chi connectivity index (χ0v) is 11.4. The molecule has 0 saturated carbocycles. The predicted octanol–water partition coefficient (Wildman–Crippen LogP) is 1.86. The van der Waals surface area contributed by atoms with E-state index in [2.05, 4.69) is 15.0 Å². The average molecular weight is 291 g/mol. The smallest absolute Gasteiger partial charge is 0.330 e. The molecule has 0 radical (unpaired) electrons. The van der Waals surface area contributed by atoms with Gasteiger partial charge >= 0.3 is 17.7 Å². The van der Waals surface area contributed by atoms with E-state index >= 15 is 0 Å². The zero-order valence-electron chi connectivity index (χ0n) is 11.4. The number of hydrogen-bond donors (Lipinski definition) is 1. The molecule has 9 heteroatoms. The number of para-hydroxylation sites is 1. The SMILES string of the molecule is CCOc1nc(N)nc(Oc2cccc(C)c2[N+](=O)[O-])n1. The van der Waals surface area contributed by atoms with Gasteiger partial charge < -0.3 is 15.2 Å². The first kappa shape index (κ1) is 14.4. The van der Waals surface area contributed by atoms with Gasteiger partial charge in [-0.05, 0) is 19.9 Å². The van der Waals surface area contributed by atoms with E-state index in [4.69, 9.17) is 15.2 Å². The van der Waals surface area contributed by atoms with E-state index in [1.54, 1.807) is 26.0 Å². The van der Waals surface area contributed by atoms with Gasteiger partial charge in [0.2, 0.25) is 11.7 Å². The lowest BCUT2D eigenvalue weighted by atomic mass is 10.2. The number of rotatable bonds is 5. The highest BCUT2D eigenvalue weighted by Crippen LogP contribution is 2.33. The molecule has 110 valence electrons. The summed E-state index contributed by atoms with van der Waals surface area (Å²) in [6.45, 7) is 3.71. The van der Waals surface area contributed by atoms with Gasteiger partial charge in [-0.3, -0.25) is 10.1 Å². The highest BCUT2D eigenvalue weighted by Gasteiger charge is 2.20. The molecule has 0 fully saturated rings. The summed E-state index contributed by atoms with van der Waals surface area (Å²) in [6.07, 6.45) is 0. The topological polar surface area (TPSA) is 126 Å². The van der Waals surface area contributed by atoms with Gasteiger partial charge in [0.1, 0.15) is 0 Å². The van der Waals surface area contributed by atoms with Crippen molar-refractivity contribution in [2.75, 3.05) is 12.3 Å². The Balaban J connectivity index is 2.38. The van der Waals surface area contributed by atoms with Crippen LogP contribution in [-0.2, 0) is 0 Å². The highest BCUT2D eigenvalue weighted by atomic mass is 16.6. The summed E-state index contributed by atoms with van der Waals surface area (Å²) >= 11 is 0. The number of aryl methyl sites for hydroxylation is 1. The van der Waals surface area contributed by atoms with E-state index in [1.165, 1.54) is 6.07 Å². The number of nitro groups is 1. The Morgan fingerprint density at radius 2 is 2.00 bits per heavy atom. The first-order valence-corrected chi connectivity index (χ1v) is 6.07. The van der Waals surface area contributed by atoms with Crippen LogP contribution in [-0.4, -0.2) is 26.5 Å². The molecule has 0 amide bonds. The number of nitro benzene ring substituents is 1. The standard InChI is InChI=1S/C12H13N5O4/c1-3-20-11-14-10(13)15-12(16-11)21-8-6-4-5-7(2)9(8)17(18)19/h4-6H,3H2,1-2H3,(H2,13,14,15,16). The molecule has 1 aromatic heterocycles. The largest absolute Gasteiger partial charge is 0.464 e. The molecular weight excluding hydrogens is 278 g/mol. The summed E-state index contributed by atoms with van der Waals surface area (Å²) in [7, 11) is 0. The molecular formula is C12H13N5O4. The minimum atomic E-state index is -0.529. The van der Waals surface area contributed by atoms with Crippen molar-refractivity contribution in [3.63, 3.8) is 0 Å². The minimum Gasteiger partial charge on any atom is -0.464 e. The Bertz CT molecular complexity index is 677. The van der Waals surface area contributed by atoms with Crippen LogP contribution in [0, 0.1) is 17.0 Å². The number of benzene rings is 1. The molecule has 2 aromatic rings. The fourth-order valence-corrected chi connectivity index (χ4v) is 1.64. The maximum Gasteiger partial charge on any atom is 0.330 e. The molecule has 0 spiro atoms. The summed E-state index contributed by atoms with van der Waals surface area (Å²) in [4.78, 5) is 22.0. The van der Waals surface area contributed by atoms with Crippen LogP contribution >= 0.6 is 0 Å². The van der Waals surface area contributed by atoms with Crippen LogP contribution in [0.4, 0.5) is 11.6 Å². The summed E-state index contributed by atoms with van der Waals surface area (Å²) in [6, 6.07) is 4.52. The molecule has 0 aliphatic heterocycles. The number of ether oxygens (including phenoxy) is 2. The van der Waals surface area contributed by atoms with Crippen LogP contribution < -0.4 is 15.2 Å². The molecule has 2 N–H and O–H groups in total. The third kappa shape index (κ3) is 3.32. The first-order chi connectivity index (χ1) is 10.0. The third-order valence-corrected chi connectivity index (χ3v) is 2.47. The van der Waals surface area contributed by atoms with Gasteiger partial charge in [-0.2, -0.15) is 9.97 Å². The van der Waals surface area contributed by atoms with Crippen molar-refractivity contribution in [3.8, 4) is 17.8 Å². The van der Waals surface area contributed by atoms with Crippen molar-refractivity contribution >= 4 is 11.6 Å². The quantitative estimate of drug-likeness (QED) is 0.653. The van der Waals surface area contributed by atoms with Gasteiger partial charge in [-0.15, -0.1) is 4.98 Å². The molecule has 1 aromatic carbocycles. The zero-order chi connectivity index (χ0) is 15.4. The molecule has 0 bridgehead atoms. The molecule has 1 heterocycles. The number of nitrogen functional groups attached to an aromatic ring is 1. The molecule has 0 aliphatic carbocycles. The van der Waals surface area contributed by atoms with Crippen LogP contribution in [0.15, 0.2) is 18.2 Å². The second-order valence-electron chi connectivity index (χ2n) is 3.97. The van der Waals surface area contributed by atoms with E-state index in [1.807, 2.05) is 0 Å². The van der Waals surface area contributed by atoms with Crippen molar-refractivity contribution in [2.24, 2.45) is 0 Å². The summed E-state index contributed by atoms with van der Waals surface area (Å²) in [5.41, 5.74) is 5.82. The van der Waals surface area contributed by atoms with Crippen molar-refractivity contribution in [2.45, 2.75) is 13.8 Å². The number of aromatic nitrogens is 3. The van der Waals surface area contributed by atoms with Gasteiger partial charge in [0.25, 0.3) is 0 Å².